The zero-order chi connectivity index (χ0) is 11.7. The Morgan fingerprint density at radius 3 is 1.73 bits per heavy atom. The molecule has 0 amide bonds. The number of allylic oxidation sites excluding steroid dienone is 2. The van der Waals surface area contributed by atoms with E-state index in [4.69, 9.17) is 0 Å². The van der Waals surface area contributed by atoms with Crippen LogP contribution in [0.1, 0.15) is 25.7 Å². The summed E-state index contributed by atoms with van der Waals surface area (Å²) in [5, 5.41) is 2.88. The molecule has 0 aliphatic heterocycles. The Kier molecular flexibility index (Phi) is 6.97. The molecule has 0 atom stereocenters. The summed E-state index contributed by atoms with van der Waals surface area (Å²) in [6, 6.07) is -0.474. The molecule has 0 saturated heterocycles. The van der Waals surface area contributed by atoms with E-state index >= 15 is 0 Å². The summed E-state index contributed by atoms with van der Waals surface area (Å²) in [6.07, 6.45) is 3.69. The van der Waals surface area contributed by atoms with Crippen LogP contribution in [0.2, 0.25) is 0 Å². The van der Waals surface area contributed by atoms with E-state index in [-0.39, 0.29) is 24.4 Å². The number of carbonyl (C=O) groups excluding carboxylic acids is 2. The van der Waals surface area contributed by atoms with Crippen molar-refractivity contribution in [2.24, 2.45) is 5.18 Å². The predicted octanol–water partition coefficient (Wildman–Crippen LogP) is 2.19. The zero-order valence-electron chi connectivity index (χ0n) is 8.65. The second-order valence-corrected chi connectivity index (χ2v) is 3.18. The van der Waals surface area contributed by atoms with Crippen molar-refractivity contribution in [3.05, 3.63) is 30.2 Å². The number of nitrogens with zero attached hydrogens (tertiary/aromatic N) is 1. The largest absolute Gasteiger partial charge is 0.295 e. The molecule has 0 aromatic heterocycles. The maximum Gasteiger partial charge on any atom is 0.155 e. The quantitative estimate of drug-likeness (QED) is 0.432. The van der Waals surface area contributed by atoms with Crippen molar-refractivity contribution < 1.29 is 9.59 Å². The molecule has 0 saturated carbocycles. The second-order valence-electron chi connectivity index (χ2n) is 3.18. The van der Waals surface area contributed by atoms with Gasteiger partial charge in [0, 0.05) is 12.8 Å². The molecule has 0 heterocycles. The topological polar surface area (TPSA) is 63.6 Å². The molecule has 0 radical (unpaired) electrons. The lowest BCUT2D eigenvalue weighted by atomic mass is 10.0. The number of nitroso groups, excluding NO2 is 1. The van der Waals surface area contributed by atoms with Crippen LogP contribution in [0.25, 0.3) is 0 Å². The van der Waals surface area contributed by atoms with Gasteiger partial charge < -0.3 is 0 Å². The van der Waals surface area contributed by atoms with E-state index in [0.717, 1.165) is 0 Å². The van der Waals surface area contributed by atoms with Crippen LogP contribution in [-0.2, 0) is 9.59 Å². The fourth-order valence-electron chi connectivity index (χ4n) is 1.07. The van der Waals surface area contributed by atoms with E-state index in [1.165, 1.54) is 12.2 Å². The van der Waals surface area contributed by atoms with Crippen LogP contribution >= 0.6 is 0 Å². The summed E-state index contributed by atoms with van der Waals surface area (Å²) in [5.41, 5.74) is 0. The van der Waals surface area contributed by atoms with Crippen molar-refractivity contribution >= 4 is 11.6 Å². The van der Waals surface area contributed by atoms with Crippen molar-refractivity contribution in [2.45, 2.75) is 31.7 Å². The molecule has 0 aliphatic rings. The number of hydrogen-bond acceptors (Lipinski definition) is 4. The minimum absolute atomic E-state index is 0.112. The molecule has 0 aromatic rings. The van der Waals surface area contributed by atoms with E-state index in [1.54, 1.807) is 0 Å². The normalized spacial score (nSPS) is 9.67. The van der Waals surface area contributed by atoms with Crippen molar-refractivity contribution in [1.82, 2.24) is 0 Å². The highest BCUT2D eigenvalue weighted by molar-refractivity contribution is 5.89. The summed E-state index contributed by atoms with van der Waals surface area (Å²) >= 11 is 0. The van der Waals surface area contributed by atoms with Crippen molar-refractivity contribution in [3.63, 3.8) is 0 Å². The molecular weight excluding hydrogens is 194 g/mol. The van der Waals surface area contributed by atoms with Crippen molar-refractivity contribution in [1.29, 1.82) is 0 Å². The molecule has 0 bridgehead atoms. The third kappa shape index (κ3) is 6.49. The molecular formula is C11H15NO3. The lowest BCUT2D eigenvalue weighted by Gasteiger charge is -2.05. The van der Waals surface area contributed by atoms with Crippen LogP contribution in [0.4, 0.5) is 0 Å². The van der Waals surface area contributed by atoms with Crippen LogP contribution in [0.15, 0.2) is 30.5 Å². The summed E-state index contributed by atoms with van der Waals surface area (Å²) < 4.78 is 0. The average molecular weight is 209 g/mol. The maximum absolute atomic E-state index is 10.9. The van der Waals surface area contributed by atoms with Crippen LogP contribution in [0.3, 0.4) is 0 Å². The van der Waals surface area contributed by atoms with Gasteiger partial charge in [0.2, 0.25) is 0 Å². The molecule has 0 aromatic carbocycles. The van der Waals surface area contributed by atoms with E-state index in [1.807, 2.05) is 0 Å². The second kappa shape index (κ2) is 7.79. The van der Waals surface area contributed by atoms with E-state index in [9.17, 15) is 14.5 Å². The molecule has 4 heteroatoms. The number of carbonyl (C=O) groups is 2. The van der Waals surface area contributed by atoms with E-state index in [2.05, 4.69) is 18.3 Å². The highest BCUT2D eigenvalue weighted by Crippen LogP contribution is 2.10. The Bertz CT molecular complexity index is 247. The summed E-state index contributed by atoms with van der Waals surface area (Å²) in [5.74, 6) is -0.225. The lowest BCUT2D eigenvalue weighted by Crippen LogP contribution is -2.08. The molecule has 0 aliphatic carbocycles. The average Bonchev–Trinajstić information content (AvgIpc) is 2.28. The van der Waals surface area contributed by atoms with Gasteiger partial charge in [0.1, 0.15) is 0 Å². The van der Waals surface area contributed by atoms with Gasteiger partial charge in [0.05, 0.1) is 6.04 Å². The maximum atomic E-state index is 10.9. The Morgan fingerprint density at radius 1 is 1.07 bits per heavy atom. The van der Waals surface area contributed by atoms with Crippen LogP contribution in [0, 0.1) is 4.91 Å². The molecule has 82 valence electrons. The first-order valence-corrected chi connectivity index (χ1v) is 4.77. The zero-order valence-corrected chi connectivity index (χ0v) is 8.65. The van der Waals surface area contributed by atoms with Crippen molar-refractivity contribution in [2.75, 3.05) is 0 Å². The first-order chi connectivity index (χ1) is 7.13. The Morgan fingerprint density at radius 2 is 1.47 bits per heavy atom. The van der Waals surface area contributed by atoms with Gasteiger partial charge in [-0.1, -0.05) is 18.3 Å². The molecule has 0 rings (SSSR count). The molecule has 4 nitrogen and oxygen atoms in total. The van der Waals surface area contributed by atoms with Gasteiger partial charge in [0.15, 0.2) is 11.6 Å². The number of hydrogen-bond donors (Lipinski definition) is 0. The van der Waals surface area contributed by atoms with Crippen LogP contribution in [0.5, 0.6) is 0 Å². The van der Waals surface area contributed by atoms with Gasteiger partial charge in [-0.3, -0.25) is 9.59 Å². The van der Waals surface area contributed by atoms with Gasteiger partial charge >= 0.3 is 0 Å². The van der Waals surface area contributed by atoms with Crippen molar-refractivity contribution in [3.8, 4) is 0 Å². The third-order valence-corrected chi connectivity index (χ3v) is 2.05. The Hall–Kier alpha value is -1.58. The van der Waals surface area contributed by atoms with Gasteiger partial charge in [-0.2, -0.15) is 4.91 Å². The standard InChI is InChI=1S/C11H15NO3/c1-3-10(13)7-5-9(12-15)6-8-11(14)4-2/h3-4,9H,1-2,5-8H2. The third-order valence-electron chi connectivity index (χ3n) is 2.05. The number of ketones is 2. The van der Waals surface area contributed by atoms with Gasteiger partial charge in [-0.15, -0.1) is 0 Å². The minimum atomic E-state index is -0.474. The summed E-state index contributed by atoms with van der Waals surface area (Å²) in [7, 11) is 0. The highest BCUT2D eigenvalue weighted by Gasteiger charge is 2.11. The van der Waals surface area contributed by atoms with E-state index < -0.39 is 6.04 Å². The molecule has 0 fully saturated rings. The first-order valence-electron chi connectivity index (χ1n) is 4.77. The monoisotopic (exact) mass is 209 g/mol. The Balaban J connectivity index is 3.87. The minimum Gasteiger partial charge on any atom is -0.295 e. The van der Waals surface area contributed by atoms with Gasteiger partial charge in [-0.05, 0) is 25.0 Å². The Labute approximate surface area is 89.0 Å². The highest BCUT2D eigenvalue weighted by atomic mass is 16.3. The fraction of sp³-hybridized carbons (Fsp3) is 0.455. The molecule has 15 heavy (non-hydrogen) atoms. The van der Waals surface area contributed by atoms with Crippen LogP contribution in [-0.4, -0.2) is 17.6 Å². The van der Waals surface area contributed by atoms with Crippen LogP contribution < -0.4 is 0 Å². The summed E-state index contributed by atoms with van der Waals surface area (Å²) in [4.78, 5) is 32.1. The van der Waals surface area contributed by atoms with Gasteiger partial charge in [0.25, 0.3) is 0 Å². The van der Waals surface area contributed by atoms with Gasteiger partial charge in [-0.25, -0.2) is 0 Å². The molecule has 0 unspecified atom stereocenters. The first kappa shape index (κ1) is 13.4. The SMILES string of the molecule is C=CC(=O)CCC(CCC(=O)C=C)N=O. The smallest absolute Gasteiger partial charge is 0.155 e. The molecule has 0 N–H and O–H groups in total. The predicted molar refractivity (Wildman–Crippen MR) is 58.5 cm³/mol. The number of rotatable bonds is 9. The fourth-order valence-corrected chi connectivity index (χ4v) is 1.07. The summed E-state index contributed by atoms with van der Waals surface area (Å²) in [6.45, 7) is 6.65. The van der Waals surface area contributed by atoms with E-state index in [0.29, 0.717) is 12.8 Å². The lowest BCUT2D eigenvalue weighted by molar-refractivity contribution is -0.115. The molecule has 0 spiro atoms.